The Bertz CT molecular complexity index is 420. The molecule has 0 aliphatic heterocycles. The third-order valence-corrected chi connectivity index (χ3v) is 3.78. The highest BCUT2D eigenvalue weighted by Crippen LogP contribution is 2.32. The number of aromatic carboxylic acids is 2. The predicted molar refractivity (Wildman–Crippen MR) is 61.5 cm³/mol. The molecule has 0 aliphatic carbocycles. The minimum Gasteiger partial charge on any atom is -0.477 e. The first-order chi connectivity index (χ1) is 7.34. The summed E-state index contributed by atoms with van der Waals surface area (Å²) >= 11 is 0.822. The second-order valence-corrected chi connectivity index (χ2v) is 5.09. The van der Waals surface area contributed by atoms with Crippen LogP contribution in [0.3, 0.4) is 0 Å². The minimum absolute atomic E-state index is 0.0375. The van der Waals surface area contributed by atoms with Crippen molar-refractivity contribution in [2.75, 3.05) is 0 Å². The lowest BCUT2D eigenvalue weighted by molar-refractivity contribution is 0.0691. The van der Waals surface area contributed by atoms with Gasteiger partial charge in [0.05, 0.1) is 0 Å². The monoisotopic (exact) mass is 242 g/mol. The maximum Gasteiger partial charge on any atom is 0.346 e. The van der Waals surface area contributed by atoms with Gasteiger partial charge in [0.1, 0.15) is 9.75 Å². The molecule has 1 aromatic heterocycles. The highest BCUT2D eigenvalue weighted by atomic mass is 32.1. The van der Waals surface area contributed by atoms with Gasteiger partial charge in [0, 0.05) is 0 Å². The van der Waals surface area contributed by atoms with Gasteiger partial charge in [-0.3, -0.25) is 0 Å². The van der Waals surface area contributed by atoms with E-state index in [1.807, 2.05) is 20.8 Å². The summed E-state index contributed by atoms with van der Waals surface area (Å²) < 4.78 is 0. The number of rotatable bonds is 4. The Labute approximate surface area is 97.5 Å². The Morgan fingerprint density at radius 3 is 2.12 bits per heavy atom. The fourth-order valence-electron chi connectivity index (χ4n) is 1.37. The second-order valence-electron chi connectivity index (χ2n) is 4.04. The van der Waals surface area contributed by atoms with E-state index < -0.39 is 11.9 Å². The van der Waals surface area contributed by atoms with Crippen LogP contribution in [0.1, 0.15) is 51.6 Å². The maximum absolute atomic E-state index is 11.0. The molecule has 0 bridgehead atoms. The molecule has 16 heavy (non-hydrogen) atoms. The molecule has 1 unspecified atom stereocenters. The van der Waals surface area contributed by atoms with Crippen molar-refractivity contribution in [3.8, 4) is 0 Å². The van der Waals surface area contributed by atoms with Gasteiger partial charge in [-0.1, -0.05) is 20.8 Å². The maximum atomic E-state index is 11.0. The molecule has 0 amide bonds. The smallest absolute Gasteiger partial charge is 0.346 e. The van der Waals surface area contributed by atoms with E-state index >= 15 is 0 Å². The van der Waals surface area contributed by atoms with Gasteiger partial charge in [0.2, 0.25) is 0 Å². The Morgan fingerprint density at radius 1 is 1.19 bits per heavy atom. The normalized spacial score (nSPS) is 12.8. The molecule has 0 aromatic carbocycles. The van der Waals surface area contributed by atoms with E-state index in [0.717, 1.165) is 11.3 Å². The fraction of sp³-hybridized carbons (Fsp3) is 0.455. The lowest BCUT2D eigenvalue weighted by Crippen LogP contribution is -2.06. The third kappa shape index (κ3) is 2.41. The number of hydrogen-bond donors (Lipinski definition) is 2. The molecule has 0 spiro atoms. The first-order valence-corrected chi connectivity index (χ1v) is 5.76. The Morgan fingerprint density at radius 2 is 1.75 bits per heavy atom. The number of carboxylic acids is 2. The molecule has 1 atom stereocenters. The highest BCUT2D eigenvalue weighted by molar-refractivity contribution is 7.16. The molecule has 0 radical (unpaired) electrons. The first-order valence-electron chi connectivity index (χ1n) is 4.95. The summed E-state index contributed by atoms with van der Waals surface area (Å²) in [5.41, 5.74) is 0.616. The van der Waals surface area contributed by atoms with Gasteiger partial charge in [-0.15, -0.1) is 11.3 Å². The molecule has 1 rings (SSSR count). The van der Waals surface area contributed by atoms with E-state index in [0.29, 0.717) is 5.56 Å². The van der Waals surface area contributed by atoms with Crippen molar-refractivity contribution >= 4 is 23.3 Å². The van der Waals surface area contributed by atoms with Crippen molar-refractivity contribution in [2.24, 2.45) is 5.92 Å². The van der Waals surface area contributed by atoms with Gasteiger partial charge in [-0.2, -0.15) is 0 Å². The van der Waals surface area contributed by atoms with Gasteiger partial charge in [0.25, 0.3) is 0 Å². The van der Waals surface area contributed by atoms with Crippen LogP contribution in [0, 0.1) is 5.92 Å². The van der Waals surface area contributed by atoms with E-state index in [1.54, 1.807) is 0 Å². The van der Waals surface area contributed by atoms with Gasteiger partial charge in [0.15, 0.2) is 0 Å². The third-order valence-electron chi connectivity index (χ3n) is 2.66. The van der Waals surface area contributed by atoms with Gasteiger partial charge in [-0.05, 0) is 23.5 Å². The van der Waals surface area contributed by atoms with Crippen LogP contribution in [0.5, 0.6) is 0 Å². The summed E-state index contributed by atoms with van der Waals surface area (Å²) in [4.78, 5) is 22.0. The topological polar surface area (TPSA) is 74.6 Å². The Hall–Kier alpha value is -1.36. The zero-order valence-electron chi connectivity index (χ0n) is 9.35. The van der Waals surface area contributed by atoms with E-state index in [1.165, 1.54) is 6.07 Å². The molecule has 0 saturated carbocycles. The van der Waals surface area contributed by atoms with Crippen LogP contribution >= 0.6 is 11.3 Å². The largest absolute Gasteiger partial charge is 0.477 e. The number of hydrogen-bond acceptors (Lipinski definition) is 3. The molecule has 0 saturated heterocycles. The molecule has 1 aromatic rings. The quantitative estimate of drug-likeness (QED) is 0.851. The number of thiophene rings is 1. The van der Waals surface area contributed by atoms with Gasteiger partial charge < -0.3 is 10.2 Å². The molecule has 0 fully saturated rings. The molecule has 5 heteroatoms. The lowest BCUT2D eigenvalue weighted by Gasteiger charge is -2.14. The van der Waals surface area contributed by atoms with Crippen LogP contribution in [0.25, 0.3) is 0 Å². The Balaban J connectivity index is 3.25. The SMILES string of the molecule is CC(C)C(C)c1cc(C(=O)O)sc1C(=O)O. The van der Waals surface area contributed by atoms with Crippen LogP contribution in [-0.2, 0) is 0 Å². The summed E-state index contributed by atoms with van der Waals surface area (Å²) in [6, 6.07) is 1.47. The predicted octanol–water partition coefficient (Wildman–Crippen LogP) is 2.90. The molecule has 2 N–H and O–H groups in total. The second kappa shape index (κ2) is 4.65. The van der Waals surface area contributed by atoms with Crippen molar-refractivity contribution in [1.29, 1.82) is 0 Å². The molecular weight excluding hydrogens is 228 g/mol. The lowest BCUT2D eigenvalue weighted by atomic mass is 9.90. The van der Waals surface area contributed by atoms with Crippen molar-refractivity contribution < 1.29 is 19.8 Å². The molecule has 4 nitrogen and oxygen atoms in total. The van der Waals surface area contributed by atoms with Crippen molar-refractivity contribution in [3.05, 3.63) is 21.4 Å². The first kappa shape index (κ1) is 12.7. The molecule has 0 aliphatic rings. The minimum atomic E-state index is -1.07. The Kier molecular flexibility index (Phi) is 3.70. The van der Waals surface area contributed by atoms with Crippen LogP contribution in [0.2, 0.25) is 0 Å². The van der Waals surface area contributed by atoms with Crippen molar-refractivity contribution in [1.82, 2.24) is 0 Å². The van der Waals surface area contributed by atoms with Crippen LogP contribution in [0.4, 0.5) is 0 Å². The van der Waals surface area contributed by atoms with Crippen LogP contribution in [0.15, 0.2) is 6.07 Å². The average molecular weight is 242 g/mol. The summed E-state index contributed by atoms with van der Waals surface area (Å²) in [7, 11) is 0. The van der Waals surface area contributed by atoms with Crippen LogP contribution in [-0.4, -0.2) is 22.2 Å². The van der Waals surface area contributed by atoms with Crippen molar-refractivity contribution in [3.63, 3.8) is 0 Å². The summed E-state index contributed by atoms with van der Waals surface area (Å²) in [5, 5.41) is 17.9. The molecular formula is C11H14O4S. The highest BCUT2D eigenvalue weighted by Gasteiger charge is 2.23. The van der Waals surface area contributed by atoms with E-state index in [2.05, 4.69) is 0 Å². The van der Waals surface area contributed by atoms with Crippen molar-refractivity contribution in [2.45, 2.75) is 26.7 Å². The van der Waals surface area contributed by atoms with E-state index in [-0.39, 0.29) is 21.6 Å². The van der Waals surface area contributed by atoms with Crippen LogP contribution < -0.4 is 0 Å². The summed E-state index contributed by atoms with van der Waals surface area (Å²) in [6.45, 7) is 5.87. The summed E-state index contributed by atoms with van der Waals surface area (Å²) in [6.07, 6.45) is 0. The number of carboxylic acid groups (broad SMARTS) is 2. The summed E-state index contributed by atoms with van der Waals surface area (Å²) in [5.74, 6) is -1.82. The van der Waals surface area contributed by atoms with E-state index in [9.17, 15) is 9.59 Å². The fourth-order valence-corrected chi connectivity index (χ4v) is 2.32. The average Bonchev–Trinajstić information content (AvgIpc) is 2.60. The van der Waals surface area contributed by atoms with Gasteiger partial charge in [-0.25, -0.2) is 9.59 Å². The zero-order valence-corrected chi connectivity index (χ0v) is 10.2. The molecule has 1 heterocycles. The zero-order chi connectivity index (χ0) is 12.5. The number of carbonyl (C=O) groups is 2. The van der Waals surface area contributed by atoms with Gasteiger partial charge >= 0.3 is 11.9 Å². The van der Waals surface area contributed by atoms with E-state index in [4.69, 9.17) is 10.2 Å². The molecule has 88 valence electrons. The standard InChI is InChI=1S/C11H14O4S/c1-5(2)6(3)7-4-8(10(12)13)16-9(7)11(14)15/h4-6H,1-3H3,(H,12,13)(H,14,15).